The van der Waals surface area contributed by atoms with E-state index in [0.717, 1.165) is 28.8 Å². The van der Waals surface area contributed by atoms with E-state index in [0.29, 0.717) is 11.5 Å². The van der Waals surface area contributed by atoms with E-state index < -0.39 is 10.7 Å². The number of anilines is 1. The van der Waals surface area contributed by atoms with Gasteiger partial charge in [0.05, 0.1) is 17.0 Å². The number of thiol groups is 1. The molecule has 0 bridgehead atoms. The molecule has 1 N–H and O–H groups in total. The van der Waals surface area contributed by atoms with Gasteiger partial charge >= 0.3 is 0 Å². The molecule has 0 amide bonds. The number of nitrogens with one attached hydrogen (secondary N) is 1. The molecule has 0 aliphatic carbocycles. The van der Waals surface area contributed by atoms with Crippen molar-refractivity contribution in [1.82, 2.24) is 0 Å². The fraction of sp³-hybridized carbons (Fsp3) is 0.381. The molecule has 1 saturated heterocycles. The second kappa shape index (κ2) is 7.09. The van der Waals surface area contributed by atoms with Crippen molar-refractivity contribution in [2.24, 2.45) is 11.8 Å². The second-order valence-corrected chi connectivity index (χ2v) is 8.57. The smallest absolute Gasteiger partial charge is 0.168 e. The first-order valence-electron chi connectivity index (χ1n) is 9.26. The number of ketones is 1. The highest BCUT2D eigenvalue weighted by Crippen LogP contribution is 2.50. The molecule has 2 heterocycles. The zero-order valence-electron chi connectivity index (χ0n) is 15.3. The van der Waals surface area contributed by atoms with E-state index in [9.17, 15) is 13.2 Å². The summed E-state index contributed by atoms with van der Waals surface area (Å²) in [6.07, 6.45) is 0.792. The van der Waals surface area contributed by atoms with Gasteiger partial charge in [-0.1, -0.05) is 38.1 Å². The minimum Gasteiger partial charge on any atom is -0.378 e. The van der Waals surface area contributed by atoms with Crippen LogP contribution in [0.15, 0.2) is 47.4 Å². The maximum atomic E-state index is 12.2. The van der Waals surface area contributed by atoms with Crippen LogP contribution < -0.4 is 5.32 Å². The molecule has 2 aliphatic heterocycles. The monoisotopic (exact) mass is 385 g/mol. The largest absolute Gasteiger partial charge is 0.378 e. The Morgan fingerprint density at radius 2 is 1.89 bits per heavy atom. The summed E-state index contributed by atoms with van der Waals surface area (Å²) in [7, 11) is -2.61. The molecular weight excluding hydrogens is 362 g/mol. The summed E-state index contributed by atoms with van der Waals surface area (Å²) in [5, 5.41) is 3.56. The number of rotatable bonds is 4. The molecule has 6 heteroatoms. The van der Waals surface area contributed by atoms with E-state index in [-0.39, 0.29) is 29.8 Å². The lowest BCUT2D eigenvalue weighted by Crippen LogP contribution is -2.29. The van der Waals surface area contributed by atoms with Crippen molar-refractivity contribution in [3.05, 3.63) is 59.2 Å². The Morgan fingerprint density at radius 3 is 2.56 bits per heavy atom. The summed E-state index contributed by atoms with van der Waals surface area (Å²) in [6, 6.07) is 13.0. The molecule has 142 valence electrons. The minimum atomic E-state index is -2.61. The van der Waals surface area contributed by atoms with Crippen LogP contribution in [0.4, 0.5) is 5.69 Å². The topological polar surface area (TPSA) is 72.5 Å². The molecule has 4 rings (SSSR count). The zero-order valence-corrected chi connectivity index (χ0v) is 16.2. The van der Waals surface area contributed by atoms with Crippen molar-refractivity contribution < 1.29 is 17.9 Å². The van der Waals surface area contributed by atoms with Gasteiger partial charge in [0.1, 0.15) is 0 Å². The predicted molar refractivity (Wildman–Crippen MR) is 104 cm³/mol. The minimum absolute atomic E-state index is 0.0233. The summed E-state index contributed by atoms with van der Waals surface area (Å²) in [4.78, 5) is 12.5. The highest BCUT2D eigenvalue weighted by Gasteiger charge is 2.41. The number of hydrogen-bond donors (Lipinski definition) is 2. The van der Waals surface area contributed by atoms with E-state index in [1.807, 2.05) is 44.2 Å². The van der Waals surface area contributed by atoms with Gasteiger partial charge in [-0.05, 0) is 30.2 Å². The Bertz CT molecular complexity index is 941. The lowest BCUT2D eigenvalue weighted by Gasteiger charge is -2.36. The van der Waals surface area contributed by atoms with Crippen LogP contribution in [0.25, 0.3) is 0 Å². The van der Waals surface area contributed by atoms with Crippen molar-refractivity contribution in [1.29, 1.82) is 0 Å². The van der Waals surface area contributed by atoms with Crippen molar-refractivity contribution >= 4 is 22.2 Å². The third-order valence-electron chi connectivity index (χ3n) is 5.51. The van der Waals surface area contributed by atoms with Crippen LogP contribution in [0, 0.1) is 11.8 Å². The Hall–Kier alpha value is -2.18. The first-order chi connectivity index (χ1) is 13.0. The predicted octanol–water partition coefficient (Wildman–Crippen LogP) is 3.74. The van der Waals surface area contributed by atoms with E-state index in [4.69, 9.17) is 4.74 Å². The molecule has 1 unspecified atom stereocenters. The zero-order chi connectivity index (χ0) is 19.1. The third-order valence-corrected chi connectivity index (χ3v) is 6.21. The van der Waals surface area contributed by atoms with Crippen molar-refractivity contribution in [2.75, 3.05) is 11.9 Å². The number of carbonyl (C=O) groups is 1. The average Bonchev–Trinajstić information content (AvgIpc) is 3.16. The van der Waals surface area contributed by atoms with Gasteiger partial charge in [-0.25, -0.2) is 8.42 Å². The molecule has 5 nitrogen and oxygen atoms in total. The molecule has 0 radical (unpaired) electrons. The van der Waals surface area contributed by atoms with Crippen molar-refractivity contribution in [3.63, 3.8) is 0 Å². The number of ether oxygens (including phenoxy) is 1. The molecule has 1 fully saturated rings. The van der Waals surface area contributed by atoms with Crippen molar-refractivity contribution in [3.8, 4) is 0 Å². The normalized spacial score (nSPS) is 23.8. The first kappa shape index (κ1) is 18.2. The number of benzene rings is 2. The molecular formula is C21H23NO4S. The van der Waals surface area contributed by atoms with Gasteiger partial charge in [0, 0.05) is 35.3 Å². The van der Waals surface area contributed by atoms with Crippen molar-refractivity contribution in [2.45, 2.75) is 37.3 Å². The van der Waals surface area contributed by atoms with Gasteiger partial charge < -0.3 is 10.1 Å². The number of hydrogen-bond acceptors (Lipinski definition) is 5. The Morgan fingerprint density at radius 1 is 1.15 bits per heavy atom. The number of Topliss-reactive ketones (excluding diaryl/α,β-unsaturated/α-hetero) is 1. The lowest BCUT2D eigenvalue weighted by atomic mass is 9.81. The van der Waals surface area contributed by atoms with Gasteiger partial charge in [0.2, 0.25) is 0 Å². The number of carbonyl (C=O) groups excluding carboxylic acids is 1. The average molecular weight is 385 g/mol. The Kier molecular flexibility index (Phi) is 4.78. The van der Waals surface area contributed by atoms with Gasteiger partial charge in [-0.3, -0.25) is 4.79 Å². The molecule has 3 atom stereocenters. The fourth-order valence-electron chi connectivity index (χ4n) is 4.09. The summed E-state index contributed by atoms with van der Waals surface area (Å²) in [5.41, 5.74) is 3.66. The number of fused-ring (bicyclic) bond motifs is 3. The maximum absolute atomic E-state index is 12.2. The summed E-state index contributed by atoms with van der Waals surface area (Å²) < 4.78 is 28.7. The standard InChI is InChI=1S/C21H23NO4S/c1-12(2)20(23)14-5-3-13(4-6-14)19-16-9-10-26-21(16)17-11-15(27(24)25)7-8-18(17)22-19/h3-8,11-12,16,19,21-22,27H,9-10H2,1-2H3/t16-,19?,21-/m0/s1. The van der Waals surface area contributed by atoms with Gasteiger partial charge in [-0.15, -0.1) is 0 Å². The Balaban J connectivity index is 1.68. The molecule has 0 spiro atoms. The molecule has 27 heavy (non-hydrogen) atoms. The summed E-state index contributed by atoms with van der Waals surface area (Å²) in [6.45, 7) is 4.46. The molecule has 0 aromatic heterocycles. The second-order valence-electron chi connectivity index (χ2n) is 7.54. The molecule has 2 aromatic rings. The van der Waals surface area contributed by atoms with Crippen LogP contribution in [0.2, 0.25) is 0 Å². The van der Waals surface area contributed by atoms with Crippen LogP contribution in [0.1, 0.15) is 53.9 Å². The van der Waals surface area contributed by atoms with E-state index in [1.165, 1.54) is 0 Å². The summed E-state index contributed by atoms with van der Waals surface area (Å²) in [5.74, 6) is 0.346. The summed E-state index contributed by atoms with van der Waals surface area (Å²) >= 11 is 0. The van der Waals surface area contributed by atoms with Gasteiger partial charge in [-0.2, -0.15) is 0 Å². The Labute approximate surface area is 160 Å². The van der Waals surface area contributed by atoms with Crippen LogP contribution in [-0.4, -0.2) is 20.8 Å². The molecule has 0 saturated carbocycles. The van der Waals surface area contributed by atoms with Crippen LogP contribution in [-0.2, 0) is 15.4 Å². The third kappa shape index (κ3) is 3.28. The van der Waals surface area contributed by atoms with E-state index in [1.54, 1.807) is 12.1 Å². The highest BCUT2D eigenvalue weighted by molar-refractivity contribution is 7.72. The van der Waals surface area contributed by atoms with E-state index in [2.05, 4.69) is 5.32 Å². The SMILES string of the molecule is CC(C)C(=O)c1ccc(C2Nc3ccc([SH](=O)=O)cc3[C@H]3OCC[C@@H]23)cc1. The first-order valence-corrected chi connectivity index (χ1v) is 10.4. The lowest BCUT2D eigenvalue weighted by molar-refractivity contribution is 0.0827. The molecule has 2 aromatic carbocycles. The van der Waals surface area contributed by atoms with Gasteiger partial charge in [0.15, 0.2) is 16.5 Å². The maximum Gasteiger partial charge on any atom is 0.168 e. The quantitative estimate of drug-likeness (QED) is 0.620. The van der Waals surface area contributed by atoms with Crippen LogP contribution >= 0.6 is 0 Å². The van der Waals surface area contributed by atoms with Crippen LogP contribution in [0.5, 0.6) is 0 Å². The van der Waals surface area contributed by atoms with E-state index >= 15 is 0 Å². The fourth-order valence-corrected chi connectivity index (χ4v) is 4.53. The van der Waals surface area contributed by atoms with Crippen LogP contribution in [0.3, 0.4) is 0 Å². The highest BCUT2D eigenvalue weighted by atomic mass is 32.2. The van der Waals surface area contributed by atoms with Gasteiger partial charge in [0.25, 0.3) is 0 Å². The molecule has 2 aliphatic rings.